The van der Waals surface area contributed by atoms with E-state index in [-0.39, 0.29) is 16.3 Å². The molecule has 1 aliphatic heterocycles. The number of aromatic nitrogens is 1. The maximum atomic E-state index is 14.0. The minimum absolute atomic E-state index is 0.190. The van der Waals surface area contributed by atoms with E-state index in [1.807, 2.05) is 13.8 Å². The lowest BCUT2D eigenvalue weighted by atomic mass is 10.2. The highest BCUT2D eigenvalue weighted by molar-refractivity contribution is 7.89. The summed E-state index contributed by atoms with van der Waals surface area (Å²) in [7, 11) is -3.58. The van der Waals surface area contributed by atoms with E-state index in [2.05, 4.69) is 20.1 Å². The molecule has 4 rings (SSSR count). The lowest BCUT2D eigenvalue weighted by molar-refractivity contribution is 0.0947. The van der Waals surface area contributed by atoms with Crippen molar-refractivity contribution in [1.29, 1.82) is 0 Å². The molecule has 0 bridgehead atoms. The number of halogens is 2. The Hall–Kier alpha value is -2.67. The van der Waals surface area contributed by atoms with Gasteiger partial charge in [0.2, 0.25) is 10.0 Å². The fourth-order valence-corrected chi connectivity index (χ4v) is 7.13. The van der Waals surface area contributed by atoms with Crippen LogP contribution in [0.3, 0.4) is 0 Å². The summed E-state index contributed by atoms with van der Waals surface area (Å²) < 4.78 is 55.3. The third-order valence-electron chi connectivity index (χ3n) is 6.46. The van der Waals surface area contributed by atoms with E-state index in [9.17, 15) is 22.0 Å². The summed E-state index contributed by atoms with van der Waals surface area (Å²) >= 11 is 1.28. The van der Waals surface area contributed by atoms with Crippen LogP contribution in [0.15, 0.2) is 41.3 Å². The molecule has 0 aliphatic carbocycles. The molecule has 38 heavy (non-hydrogen) atoms. The van der Waals surface area contributed by atoms with Crippen LogP contribution in [0.25, 0.3) is 10.2 Å². The SMILES string of the molecule is CCCN(CCC)S(=O)(=O)c1ccc(C(=O)NCCN2CCN(c3nc4c(F)cc(F)cc4s3)CC2)cc1. The Balaban J connectivity index is 1.25. The number of hydrogen-bond donors (Lipinski definition) is 1. The molecular weight excluding hydrogens is 532 g/mol. The minimum atomic E-state index is -3.58. The maximum absolute atomic E-state index is 14.0. The predicted molar refractivity (Wildman–Crippen MR) is 146 cm³/mol. The Kier molecular flexibility index (Phi) is 9.29. The second-order valence-electron chi connectivity index (χ2n) is 9.24. The number of piperazine rings is 1. The average molecular weight is 566 g/mol. The van der Waals surface area contributed by atoms with Gasteiger partial charge in [0.05, 0.1) is 9.60 Å². The Morgan fingerprint density at radius 3 is 2.34 bits per heavy atom. The van der Waals surface area contributed by atoms with Gasteiger partial charge in [0.25, 0.3) is 5.91 Å². The number of hydrogen-bond acceptors (Lipinski definition) is 7. The maximum Gasteiger partial charge on any atom is 0.251 e. The van der Waals surface area contributed by atoms with Crippen LogP contribution in [-0.4, -0.2) is 80.9 Å². The molecule has 1 aliphatic rings. The number of nitrogens with one attached hydrogen (secondary N) is 1. The number of carbonyl (C=O) groups is 1. The summed E-state index contributed by atoms with van der Waals surface area (Å²) in [6.07, 6.45) is 1.47. The van der Waals surface area contributed by atoms with Crippen molar-refractivity contribution in [3.8, 4) is 0 Å². The molecule has 1 saturated heterocycles. The van der Waals surface area contributed by atoms with E-state index in [1.165, 1.54) is 33.8 Å². The standard InChI is InChI=1S/C26H33F2N5O3S2/c1-3-10-33(11-4-2)38(35,36)21-7-5-19(6-8-21)25(34)29-9-12-31-13-15-32(16-14-31)26-30-24-22(28)17-20(27)18-23(24)37-26/h5-8,17-18H,3-4,9-16H2,1-2H3,(H,29,34). The van der Waals surface area contributed by atoms with Gasteiger partial charge in [-0.15, -0.1) is 0 Å². The number of rotatable bonds is 11. The first-order chi connectivity index (χ1) is 18.2. The van der Waals surface area contributed by atoms with Crippen molar-refractivity contribution in [2.45, 2.75) is 31.6 Å². The number of anilines is 1. The smallest absolute Gasteiger partial charge is 0.251 e. The molecule has 206 valence electrons. The third-order valence-corrected chi connectivity index (χ3v) is 9.43. The first kappa shape index (κ1) is 28.3. The highest BCUT2D eigenvalue weighted by atomic mass is 32.2. The van der Waals surface area contributed by atoms with Crippen LogP contribution in [-0.2, 0) is 10.0 Å². The fourth-order valence-electron chi connectivity index (χ4n) is 4.45. The Bertz CT molecular complexity index is 1350. The number of sulfonamides is 1. The van der Waals surface area contributed by atoms with Crippen molar-refractivity contribution in [2.24, 2.45) is 0 Å². The zero-order valence-corrected chi connectivity index (χ0v) is 23.3. The second-order valence-corrected chi connectivity index (χ2v) is 12.2. The van der Waals surface area contributed by atoms with Crippen molar-refractivity contribution in [1.82, 2.24) is 19.5 Å². The molecular formula is C26H33F2N5O3S2. The quantitative estimate of drug-likeness (QED) is 0.379. The lowest BCUT2D eigenvalue weighted by Crippen LogP contribution is -2.48. The average Bonchev–Trinajstić information content (AvgIpc) is 3.33. The van der Waals surface area contributed by atoms with E-state index in [0.29, 0.717) is 54.7 Å². The molecule has 2 heterocycles. The number of thiazole rings is 1. The number of amides is 1. The zero-order valence-electron chi connectivity index (χ0n) is 21.6. The van der Waals surface area contributed by atoms with E-state index in [0.717, 1.165) is 32.0 Å². The van der Waals surface area contributed by atoms with Gasteiger partial charge in [-0.05, 0) is 43.2 Å². The van der Waals surface area contributed by atoms with Gasteiger partial charge in [-0.2, -0.15) is 4.31 Å². The first-order valence-corrected chi connectivity index (χ1v) is 15.1. The highest BCUT2D eigenvalue weighted by Gasteiger charge is 2.24. The lowest BCUT2D eigenvalue weighted by Gasteiger charge is -2.34. The molecule has 0 saturated carbocycles. The van der Waals surface area contributed by atoms with Crippen LogP contribution in [0.1, 0.15) is 37.0 Å². The monoisotopic (exact) mass is 565 g/mol. The Morgan fingerprint density at radius 1 is 1.05 bits per heavy atom. The summed E-state index contributed by atoms with van der Waals surface area (Å²) in [5.74, 6) is -1.51. The van der Waals surface area contributed by atoms with Crippen molar-refractivity contribution >= 4 is 42.6 Å². The second kappa shape index (κ2) is 12.5. The van der Waals surface area contributed by atoms with E-state index < -0.39 is 21.7 Å². The Labute approximate surface area is 226 Å². The van der Waals surface area contributed by atoms with Crippen molar-refractivity contribution in [2.75, 3.05) is 57.3 Å². The van der Waals surface area contributed by atoms with Crippen LogP contribution in [0.5, 0.6) is 0 Å². The van der Waals surface area contributed by atoms with Crippen LogP contribution >= 0.6 is 11.3 Å². The summed E-state index contributed by atoms with van der Waals surface area (Å²) in [6, 6.07) is 8.23. The molecule has 0 atom stereocenters. The van der Waals surface area contributed by atoms with Gasteiger partial charge in [-0.25, -0.2) is 22.2 Å². The highest BCUT2D eigenvalue weighted by Crippen LogP contribution is 2.31. The van der Waals surface area contributed by atoms with Gasteiger partial charge >= 0.3 is 0 Å². The molecule has 1 fully saturated rings. The van der Waals surface area contributed by atoms with Gasteiger partial charge in [0.15, 0.2) is 10.9 Å². The van der Waals surface area contributed by atoms with Gasteiger partial charge in [-0.1, -0.05) is 25.2 Å². The normalized spacial score (nSPS) is 14.9. The molecule has 1 N–H and O–H groups in total. The van der Waals surface area contributed by atoms with Crippen LogP contribution < -0.4 is 10.2 Å². The van der Waals surface area contributed by atoms with E-state index >= 15 is 0 Å². The van der Waals surface area contributed by atoms with Gasteiger partial charge in [-0.3, -0.25) is 9.69 Å². The molecule has 1 aromatic heterocycles. The molecule has 2 aromatic carbocycles. The topological polar surface area (TPSA) is 85.8 Å². The molecule has 12 heteroatoms. The number of benzene rings is 2. The van der Waals surface area contributed by atoms with Crippen molar-refractivity contribution < 1.29 is 22.0 Å². The third kappa shape index (κ3) is 6.48. The summed E-state index contributed by atoms with van der Waals surface area (Å²) in [5.41, 5.74) is 0.604. The molecule has 8 nitrogen and oxygen atoms in total. The number of carbonyl (C=O) groups excluding carboxylic acids is 1. The summed E-state index contributed by atoms with van der Waals surface area (Å²) in [6.45, 7) is 8.82. The molecule has 0 radical (unpaired) electrons. The van der Waals surface area contributed by atoms with Crippen molar-refractivity contribution in [3.05, 3.63) is 53.6 Å². The minimum Gasteiger partial charge on any atom is -0.351 e. The van der Waals surface area contributed by atoms with E-state index in [1.54, 1.807) is 12.1 Å². The number of fused-ring (bicyclic) bond motifs is 1. The van der Waals surface area contributed by atoms with E-state index in [4.69, 9.17) is 0 Å². The summed E-state index contributed by atoms with van der Waals surface area (Å²) in [4.78, 5) is 21.4. The van der Waals surface area contributed by atoms with Crippen LogP contribution in [0.4, 0.5) is 13.9 Å². The zero-order chi connectivity index (χ0) is 27.3. The fraction of sp³-hybridized carbons (Fsp3) is 0.462. The van der Waals surface area contributed by atoms with Gasteiger partial charge in [0.1, 0.15) is 11.3 Å². The summed E-state index contributed by atoms with van der Waals surface area (Å²) in [5, 5.41) is 3.57. The van der Waals surface area contributed by atoms with Gasteiger partial charge < -0.3 is 10.2 Å². The van der Waals surface area contributed by atoms with Gasteiger partial charge in [0, 0.05) is 64.0 Å². The van der Waals surface area contributed by atoms with Crippen molar-refractivity contribution in [3.63, 3.8) is 0 Å². The van der Waals surface area contributed by atoms with Crippen LogP contribution in [0, 0.1) is 11.6 Å². The first-order valence-electron chi connectivity index (χ1n) is 12.8. The Morgan fingerprint density at radius 2 is 1.71 bits per heavy atom. The molecule has 3 aromatic rings. The number of nitrogens with zero attached hydrogens (tertiary/aromatic N) is 4. The van der Waals surface area contributed by atoms with Crippen LogP contribution in [0.2, 0.25) is 0 Å². The molecule has 1 amide bonds. The predicted octanol–water partition coefficient (Wildman–Crippen LogP) is 3.94. The molecule has 0 spiro atoms. The largest absolute Gasteiger partial charge is 0.351 e. The molecule has 0 unspecified atom stereocenters.